The number of benzene rings is 4. The van der Waals surface area contributed by atoms with E-state index in [1.165, 1.54) is 0 Å². The minimum atomic E-state index is -0.763. The average molecular weight is 558 g/mol. The molecule has 212 valence electrons. The molecule has 3 fully saturated rings. The maximum absolute atomic E-state index is 10.7. The van der Waals surface area contributed by atoms with Crippen LogP contribution in [0.25, 0.3) is 21.5 Å². The van der Waals surface area contributed by atoms with Crippen molar-refractivity contribution in [1.82, 2.24) is 0 Å². The molecule has 4 heterocycles. The van der Waals surface area contributed by atoms with Crippen molar-refractivity contribution < 1.29 is 38.3 Å². The lowest BCUT2D eigenvalue weighted by atomic mass is 10.0. The Morgan fingerprint density at radius 3 is 1.78 bits per heavy atom. The predicted octanol–water partition coefficient (Wildman–Crippen LogP) is 4.22. The molecule has 0 radical (unpaired) electrons. The molecule has 9 heteroatoms. The monoisotopic (exact) mass is 557 g/mol. The Morgan fingerprint density at radius 2 is 1.24 bits per heavy atom. The van der Waals surface area contributed by atoms with Gasteiger partial charge >= 0.3 is 0 Å². The molecular formula is C32H31NO8. The first-order chi connectivity index (χ1) is 20.1. The van der Waals surface area contributed by atoms with Crippen LogP contribution in [0.1, 0.15) is 0 Å². The number of rotatable bonds is 6. The van der Waals surface area contributed by atoms with E-state index in [0.717, 1.165) is 44.4 Å². The molecule has 1 N–H and O–H groups in total. The van der Waals surface area contributed by atoms with Gasteiger partial charge in [0.2, 0.25) is 0 Å². The smallest absolute Gasteiger partial charge is 0.143 e. The van der Waals surface area contributed by atoms with Crippen molar-refractivity contribution in [1.29, 1.82) is 0 Å². The first-order valence-electron chi connectivity index (χ1n) is 14.1. The van der Waals surface area contributed by atoms with Crippen LogP contribution in [-0.2, 0) is 14.2 Å². The molecule has 4 aromatic carbocycles. The van der Waals surface area contributed by atoms with Gasteiger partial charge in [-0.25, -0.2) is 0 Å². The predicted molar refractivity (Wildman–Crippen MR) is 152 cm³/mol. The molecule has 0 amide bonds. The third-order valence-corrected chi connectivity index (χ3v) is 8.02. The van der Waals surface area contributed by atoms with Crippen molar-refractivity contribution in [3.8, 4) is 23.0 Å². The fourth-order valence-electron chi connectivity index (χ4n) is 5.52. The molecule has 5 unspecified atom stereocenters. The minimum Gasteiger partial charge on any atom is -0.491 e. The van der Waals surface area contributed by atoms with Crippen LogP contribution >= 0.6 is 0 Å². The van der Waals surface area contributed by atoms with Crippen LogP contribution in [0.2, 0.25) is 0 Å². The van der Waals surface area contributed by atoms with Gasteiger partial charge in [0, 0.05) is 17.8 Å². The number of ether oxygens (including phenoxy) is 7. The average Bonchev–Trinajstić information content (AvgIpc) is 3.85. The van der Waals surface area contributed by atoms with Gasteiger partial charge in [-0.2, -0.15) is 0 Å². The van der Waals surface area contributed by atoms with Crippen LogP contribution in [0.4, 0.5) is 11.4 Å². The molecule has 0 aliphatic carbocycles. The lowest BCUT2D eigenvalue weighted by Crippen LogP contribution is -2.26. The van der Waals surface area contributed by atoms with Crippen molar-refractivity contribution in [2.75, 3.05) is 51.6 Å². The molecule has 4 bridgehead atoms. The number of hydrogen-bond donors (Lipinski definition) is 1. The van der Waals surface area contributed by atoms with E-state index in [2.05, 4.69) is 17.0 Å². The molecule has 0 saturated carbocycles. The molecule has 3 saturated heterocycles. The van der Waals surface area contributed by atoms with E-state index in [1.807, 2.05) is 55.6 Å². The molecular weight excluding hydrogens is 526 g/mol. The molecule has 5 atom stereocenters. The summed E-state index contributed by atoms with van der Waals surface area (Å²) in [5, 5.41) is 14.7. The standard InChI is InChI=1S/C32H31NO8/c1-33-30-24-10-20(6-2-18(24)4-8-27(30)39-14-22-12-35-22)37-16-26(34)32-29(41-32)17-38-21-7-3-19-5-9-28(31(33)25(19)11-21)40-15-23-13-36-23/h2-11,22-23,26,29,32,34H,12-17H2,1H3. The Balaban J connectivity index is 1.32. The van der Waals surface area contributed by atoms with E-state index in [1.54, 1.807) is 0 Å². The minimum absolute atomic E-state index is 0.105. The van der Waals surface area contributed by atoms with Crippen LogP contribution in [0.3, 0.4) is 0 Å². The highest BCUT2D eigenvalue weighted by molar-refractivity contribution is 6.06. The van der Waals surface area contributed by atoms with E-state index in [4.69, 9.17) is 33.2 Å². The Labute approximate surface area is 237 Å². The second-order valence-electron chi connectivity index (χ2n) is 11.0. The molecule has 8 rings (SSSR count). The van der Waals surface area contributed by atoms with Crippen molar-refractivity contribution in [2.24, 2.45) is 0 Å². The SMILES string of the molecule is CN1c2c(OCC3CO3)ccc3ccc(cc23)OCC(O)C2OC2COc2ccc3ccc(OCC4CO4)c1c3c2. The summed E-state index contributed by atoms with van der Waals surface area (Å²) in [4.78, 5) is 2.13. The maximum atomic E-state index is 10.7. The van der Waals surface area contributed by atoms with E-state index in [9.17, 15) is 5.11 Å². The largest absolute Gasteiger partial charge is 0.491 e. The molecule has 4 aromatic rings. The van der Waals surface area contributed by atoms with Crippen LogP contribution in [0.15, 0.2) is 60.7 Å². The third kappa shape index (κ3) is 4.99. The Kier molecular flexibility index (Phi) is 6.07. The lowest BCUT2D eigenvalue weighted by molar-refractivity contribution is 0.0810. The van der Waals surface area contributed by atoms with Crippen molar-refractivity contribution >= 4 is 32.9 Å². The lowest BCUT2D eigenvalue weighted by Gasteiger charge is -2.28. The van der Waals surface area contributed by atoms with Gasteiger partial charge in [-0.15, -0.1) is 0 Å². The summed E-state index contributed by atoms with van der Waals surface area (Å²) in [6, 6.07) is 20.1. The highest BCUT2D eigenvalue weighted by Crippen LogP contribution is 2.47. The summed E-state index contributed by atoms with van der Waals surface area (Å²) in [5.41, 5.74) is 1.76. The summed E-state index contributed by atoms with van der Waals surface area (Å²) in [7, 11) is 2.03. The maximum Gasteiger partial charge on any atom is 0.143 e. The zero-order chi connectivity index (χ0) is 27.5. The quantitative estimate of drug-likeness (QED) is 0.350. The van der Waals surface area contributed by atoms with E-state index in [-0.39, 0.29) is 31.0 Å². The van der Waals surface area contributed by atoms with Gasteiger partial charge < -0.3 is 43.2 Å². The molecule has 4 aliphatic rings. The number of fused-ring (bicyclic) bond motifs is 3. The summed E-state index contributed by atoms with van der Waals surface area (Å²) in [6.45, 7) is 2.81. The number of anilines is 2. The molecule has 9 nitrogen and oxygen atoms in total. The number of aliphatic hydroxyl groups is 1. The van der Waals surface area contributed by atoms with E-state index in [0.29, 0.717) is 44.5 Å². The molecule has 4 aliphatic heterocycles. The summed E-state index contributed by atoms with van der Waals surface area (Å²) >= 11 is 0. The number of aliphatic hydroxyl groups excluding tert-OH is 1. The summed E-state index contributed by atoms with van der Waals surface area (Å²) in [5.74, 6) is 2.83. The molecule has 0 spiro atoms. The normalized spacial score (nSPS) is 26.4. The van der Waals surface area contributed by atoms with Gasteiger partial charge in [0.25, 0.3) is 0 Å². The van der Waals surface area contributed by atoms with E-state index < -0.39 is 6.10 Å². The number of nitrogens with zero attached hydrogens (tertiary/aromatic N) is 1. The second kappa shape index (κ2) is 9.95. The Hall–Kier alpha value is -3.76. The zero-order valence-corrected chi connectivity index (χ0v) is 22.7. The zero-order valence-electron chi connectivity index (χ0n) is 22.7. The van der Waals surface area contributed by atoms with Gasteiger partial charge in [0.1, 0.15) is 79.9 Å². The number of hydrogen-bond acceptors (Lipinski definition) is 9. The highest BCUT2D eigenvalue weighted by Gasteiger charge is 2.45. The van der Waals surface area contributed by atoms with Crippen LogP contribution in [0.5, 0.6) is 23.0 Å². The van der Waals surface area contributed by atoms with E-state index >= 15 is 0 Å². The van der Waals surface area contributed by atoms with Crippen molar-refractivity contribution in [2.45, 2.75) is 30.5 Å². The Morgan fingerprint density at radius 1 is 0.732 bits per heavy atom. The number of epoxide rings is 3. The molecule has 0 aromatic heterocycles. The molecule has 41 heavy (non-hydrogen) atoms. The topological polar surface area (TPSA) is 98.0 Å². The van der Waals surface area contributed by atoms with Gasteiger partial charge in [-0.05, 0) is 47.2 Å². The fourth-order valence-corrected chi connectivity index (χ4v) is 5.52. The first kappa shape index (κ1) is 25.0. The van der Waals surface area contributed by atoms with Gasteiger partial charge in [0.05, 0.1) is 24.6 Å². The van der Waals surface area contributed by atoms with Gasteiger partial charge in [0.15, 0.2) is 0 Å². The second-order valence-corrected chi connectivity index (χ2v) is 11.0. The highest BCUT2D eigenvalue weighted by atomic mass is 16.6. The van der Waals surface area contributed by atoms with Crippen molar-refractivity contribution in [3.63, 3.8) is 0 Å². The fraction of sp³-hybridized carbons (Fsp3) is 0.375. The summed E-state index contributed by atoms with van der Waals surface area (Å²) in [6.07, 6.45) is -1.06. The first-order valence-corrected chi connectivity index (χ1v) is 14.1. The summed E-state index contributed by atoms with van der Waals surface area (Å²) < 4.78 is 41.5. The van der Waals surface area contributed by atoms with Crippen LogP contribution in [0, 0.1) is 0 Å². The van der Waals surface area contributed by atoms with Crippen molar-refractivity contribution in [3.05, 3.63) is 60.7 Å². The third-order valence-electron chi connectivity index (χ3n) is 8.02. The van der Waals surface area contributed by atoms with Crippen LogP contribution < -0.4 is 23.8 Å². The van der Waals surface area contributed by atoms with Crippen LogP contribution in [-0.4, -0.2) is 82.3 Å². The van der Waals surface area contributed by atoms with Gasteiger partial charge in [-0.3, -0.25) is 0 Å². The van der Waals surface area contributed by atoms with Gasteiger partial charge in [-0.1, -0.05) is 24.3 Å². The Bertz CT molecular complexity index is 1620.